The van der Waals surface area contributed by atoms with Gasteiger partial charge < -0.3 is 4.74 Å². The second kappa shape index (κ2) is 5.98. The molecule has 0 spiro atoms. The summed E-state index contributed by atoms with van der Waals surface area (Å²) in [6.07, 6.45) is 1.70. The summed E-state index contributed by atoms with van der Waals surface area (Å²) in [7, 11) is -2.37. The zero-order chi connectivity index (χ0) is 15.7. The van der Waals surface area contributed by atoms with Crippen LogP contribution in [0.1, 0.15) is 18.4 Å². The fourth-order valence-electron chi connectivity index (χ4n) is 2.28. The van der Waals surface area contributed by atoms with E-state index in [4.69, 9.17) is 4.74 Å². The van der Waals surface area contributed by atoms with Gasteiger partial charge in [-0.1, -0.05) is 0 Å². The van der Waals surface area contributed by atoms with E-state index in [0.29, 0.717) is 6.54 Å². The van der Waals surface area contributed by atoms with Crippen LogP contribution in [0.4, 0.5) is 4.39 Å². The van der Waals surface area contributed by atoms with Gasteiger partial charge in [0.25, 0.3) is 0 Å². The van der Waals surface area contributed by atoms with Crippen molar-refractivity contribution in [2.45, 2.75) is 30.3 Å². The van der Waals surface area contributed by atoms with Crippen molar-refractivity contribution in [1.82, 2.24) is 4.31 Å². The molecule has 1 saturated carbocycles. The highest BCUT2D eigenvalue weighted by Gasteiger charge is 2.38. The van der Waals surface area contributed by atoms with Crippen LogP contribution in [0.15, 0.2) is 39.9 Å². The smallest absolute Gasteiger partial charge is 0.243 e. The first kappa shape index (κ1) is 15.5. The molecular formula is C15H16FNO3S2. The molecule has 22 heavy (non-hydrogen) atoms. The Balaban J connectivity index is 1.93. The lowest BCUT2D eigenvalue weighted by molar-refractivity contribution is 0.383. The second-order valence-electron chi connectivity index (χ2n) is 5.21. The molecule has 1 aromatic heterocycles. The van der Waals surface area contributed by atoms with Crippen LogP contribution in [0.5, 0.6) is 5.75 Å². The Bertz CT molecular complexity index is 755. The van der Waals surface area contributed by atoms with Gasteiger partial charge in [-0.05, 0) is 53.4 Å². The molecule has 1 fully saturated rings. The summed E-state index contributed by atoms with van der Waals surface area (Å²) >= 11 is 1.53. The largest absolute Gasteiger partial charge is 0.494 e. The number of thiophene rings is 1. The fraction of sp³-hybridized carbons (Fsp3) is 0.333. The summed E-state index contributed by atoms with van der Waals surface area (Å²) in [5.41, 5.74) is 0.953. The van der Waals surface area contributed by atoms with Crippen molar-refractivity contribution in [3.05, 3.63) is 46.4 Å². The van der Waals surface area contributed by atoms with E-state index in [1.165, 1.54) is 34.9 Å². The first-order valence-electron chi connectivity index (χ1n) is 6.89. The van der Waals surface area contributed by atoms with Crippen LogP contribution < -0.4 is 4.74 Å². The summed E-state index contributed by atoms with van der Waals surface area (Å²) < 4.78 is 45.8. The monoisotopic (exact) mass is 341 g/mol. The van der Waals surface area contributed by atoms with Gasteiger partial charge in [-0.15, -0.1) is 0 Å². The normalized spacial score (nSPS) is 15.2. The van der Waals surface area contributed by atoms with Crippen LogP contribution in [0.3, 0.4) is 0 Å². The molecule has 3 rings (SSSR count). The van der Waals surface area contributed by atoms with Gasteiger partial charge in [0.2, 0.25) is 10.0 Å². The van der Waals surface area contributed by atoms with Crippen molar-refractivity contribution in [1.29, 1.82) is 0 Å². The zero-order valence-corrected chi connectivity index (χ0v) is 13.7. The van der Waals surface area contributed by atoms with Gasteiger partial charge in [0.15, 0.2) is 11.6 Å². The van der Waals surface area contributed by atoms with Crippen LogP contribution in [0.2, 0.25) is 0 Å². The number of ether oxygens (including phenoxy) is 1. The number of sulfonamides is 1. The van der Waals surface area contributed by atoms with Gasteiger partial charge in [0.05, 0.1) is 12.0 Å². The molecule has 1 aliphatic carbocycles. The van der Waals surface area contributed by atoms with Crippen LogP contribution >= 0.6 is 11.3 Å². The number of hydrogen-bond acceptors (Lipinski definition) is 4. The highest BCUT2D eigenvalue weighted by atomic mass is 32.2. The maximum atomic E-state index is 13.8. The van der Waals surface area contributed by atoms with E-state index < -0.39 is 15.8 Å². The molecule has 0 bridgehead atoms. The third-order valence-corrected chi connectivity index (χ3v) is 6.23. The predicted molar refractivity (Wildman–Crippen MR) is 83.0 cm³/mol. The lowest BCUT2D eigenvalue weighted by Crippen LogP contribution is -2.32. The molecule has 0 unspecified atom stereocenters. The number of hydrogen-bond donors (Lipinski definition) is 0. The number of halogens is 1. The Hall–Kier alpha value is -1.44. The van der Waals surface area contributed by atoms with Gasteiger partial charge >= 0.3 is 0 Å². The second-order valence-corrected chi connectivity index (χ2v) is 7.88. The van der Waals surface area contributed by atoms with Crippen molar-refractivity contribution in [2.75, 3.05) is 7.11 Å². The van der Waals surface area contributed by atoms with Gasteiger partial charge in [-0.25, -0.2) is 12.8 Å². The van der Waals surface area contributed by atoms with E-state index in [-0.39, 0.29) is 16.7 Å². The maximum absolute atomic E-state index is 13.8. The Morgan fingerprint density at radius 1 is 1.36 bits per heavy atom. The van der Waals surface area contributed by atoms with E-state index in [0.717, 1.165) is 24.5 Å². The van der Waals surface area contributed by atoms with E-state index in [9.17, 15) is 12.8 Å². The summed E-state index contributed by atoms with van der Waals surface area (Å²) in [6, 6.07) is 5.68. The van der Waals surface area contributed by atoms with Gasteiger partial charge in [-0.3, -0.25) is 0 Å². The Morgan fingerprint density at radius 2 is 2.14 bits per heavy atom. The lowest BCUT2D eigenvalue weighted by Gasteiger charge is -2.21. The van der Waals surface area contributed by atoms with Crippen LogP contribution in [0, 0.1) is 5.82 Å². The van der Waals surface area contributed by atoms with Crippen LogP contribution in [0.25, 0.3) is 0 Å². The molecule has 0 saturated heterocycles. The predicted octanol–water partition coefficient (Wildman–Crippen LogP) is 3.25. The van der Waals surface area contributed by atoms with E-state index >= 15 is 0 Å². The molecule has 0 radical (unpaired) electrons. The van der Waals surface area contributed by atoms with Crippen molar-refractivity contribution in [3.63, 3.8) is 0 Å². The quantitative estimate of drug-likeness (QED) is 0.810. The van der Waals surface area contributed by atoms with Crippen LogP contribution in [-0.2, 0) is 16.6 Å². The molecule has 0 N–H and O–H groups in total. The van der Waals surface area contributed by atoms with Crippen molar-refractivity contribution in [3.8, 4) is 5.75 Å². The third-order valence-electron chi connectivity index (χ3n) is 3.60. The molecule has 4 nitrogen and oxygen atoms in total. The molecule has 0 amide bonds. The van der Waals surface area contributed by atoms with E-state index in [1.54, 1.807) is 0 Å². The molecule has 1 aromatic carbocycles. The average molecular weight is 341 g/mol. The summed E-state index contributed by atoms with van der Waals surface area (Å²) in [6.45, 7) is 0.324. The average Bonchev–Trinajstić information content (AvgIpc) is 3.20. The number of nitrogens with zero attached hydrogens (tertiary/aromatic N) is 1. The highest BCUT2D eigenvalue weighted by molar-refractivity contribution is 7.89. The first-order valence-corrected chi connectivity index (χ1v) is 9.27. The molecule has 2 aromatic rings. The molecule has 118 valence electrons. The number of methoxy groups -OCH3 is 1. The van der Waals surface area contributed by atoms with Gasteiger partial charge in [0, 0.05) is 12.6 Å². The topological polar surface area (TPSA) is 46.6 Å². The molecule has 1 aliphatic rings. The number of benzene rings is 1. The van der Waals surface area contributed by atoms with Crippen molar-refractivity contribution < 1.29 is 17.5 Å². The Morgan fingerprint density at radius 3 is 2.68 bits per heavy atom. The molecule has 0 atom stereocenters. The third kappa shape index (κ3) is 3.02. The minimum Gasteiger partial charge on any atom is -0.494 e. The standard InChI is InChI=1S/C15H16FNO3S2/c1-20-15-5-4-13(8-14(15)16)22(18,19)17(12-2-3-12)9-11-6-7-21-10-11/h4-8,10,12H,2-3,9H2,1H3. The summed E-state index contributed by atoms with van der Waals surface area (Å²) in [4.78, 5) is -0.0343. The lowest BCUT2D eigenvalue weighted by atomic mass is 10.3. The van der Waals surface area contributed by atoms with Crippen molar-refractivity contribution in [2.24, 2.45) is 0 Å². The summed E-state index contributed by atoms with van der Waals surface area (Å²) in [5.74, 6) is -0.635. The fourth-order valence-corrected chi connectivity index (χ4v) is 4.62. The van der Waals surface area contributed by atoms with E-state index in [1.807, 2.05) is 16.8 Å². The molecule has 1 heterocycles. The highest BCUT2D eigenvalue weighted by Crippen LogP contribution is 2.34. The van der Waals surface area contributed by atoms with Gasteiger partial charge in [0.1, 0.15) is 0 Å². The minimum atomic E-state index is -3.72. The first-order chi connectivity index (χ1) is 10.5. The van der Waals surface area contributed by atoms with E-state index in [2.05, 4.69) is 0 Å². The molecular weight excluding hydrogens is 325 g/mol. The van der Waals surface area contributed by atoms with Crippen LogP contribution in [-0.4, -0.2) is 25.9 Å². The Labute approximate surface area is 133 Å². The Kier molecular flexibility index (Phi) is 4.20. The minimum absolute atomic E-state index is 0.00932. The van der Waals surface area contributed by atoms with Gasteiger partial charge in [-0.2, -0.15) is 15.6 Å². The SMILES string of the molecule is COc1ccc(S(=O)(=O)N(Cc2ccsc2)C2CC2)cc1F. The number of rotatable bonds is 6. The van der Waals surface area contributed by atoms with Crippen molar-refractivity contribution >= 4 is 21.4 Å². The molecule has 7 heteroatoms. The summed E-state index contributed by atoms with van der Waals surface area (Å²) in [5, 5.41) is 3.85. The zero-order valence-electron chi connectivity index (χ0n) is 12.0. The molecule has 0 aliphatic heterocycles. The maximum Gasteiger partial charge on any atom is 0.243 e.